The molecule has 0 N–H and O–H groups in total. The first-order valence-corrected chi connectivity index (χ1v) is 8.98. The molecule has 0 spiro atoms. The molecule has 11 heteroatoms. The average molecular weight is 465 g/mol. The minimum Gasteiger partial charge on any atom is -0.318 e. The van der Waals surface area contributed by atoms with Crippen molar-refractivity contribution >= 4 is 60.6 Å². The second-order valence-corrected chi connectivity index (χ2v) is 8.61. The zero-order valence-corrected chi connectivity index (χ0v) is 15.4. The molecule has 0 aliphatic carbocycles. The van der Waals surface area contributed by atoms with Gasteiger partial charge in [-0.2, -0.15) is 14.0 Å². The van der Waals surface area contributed by atoms with Crippen LogP contribution in [0.4, 0.5) is 8.78 Å². The first kappa shape index (κ1) is 18.5. The topological polar surface area (TPSA) is 62.9 Å². The van der Waals surface area contributed by atoms with E-state index in [4.69, 9.17) is 28.5 Å². The van der Waals surface area contributed by atoms with Gasteiger partial charge in [-0.15, -0.1) is 0 Å². The van der Waals surface area contributed by atoms with Gasteiger partial charge >= 0.3 is 4.71 Å². The molecule has 1 aromatic heterocycles. The predicted molar refractivity (Wildman–Crippen MR) is 86.2 cm³/mol. The fourth-order valence-corrected chi connectivity index (χ4v) is 4.31. The van der Waals surface area contributed by atoms with E-state index in [0.29, 0.717) is 4.47 Å². The summed E-state index contributed by atoms with van der Waals surface area (Å²) in [7, 11) is -5.25. The van der Waals surface area contributed by atoms with Gasteiger partial charge in [-0.05, 0) is 23.7 Å². The smallest absolute Gasteiger partial charge is 0.318 e. The van der Waals surface area contributed by atoms with Gasteiger partial charge in [0.15, 0.2) is 0 Å². The fourth-order valence-electron chi connectivity index (χ4n) is 1.77. The maximum atomic E-state index is 13.1. The molecule has 0 aliphatic heterocycles. The van der Waals surface area contributed by atoms with E-state index in [9.17, 15) is 17.2 Å². The highest BCUT2D eigenvalue weighted by Gasteiger charge is 2.46. The van der Waals surface area contributed by atoms with Gasteiger partial charge in [-0.3, -0.25) is 0 Å². The average Bonchev–Trinajstić information content (AvgIpc) is 2.80. The standard InChI is InChI=1S/C12H4BrCl3F2N2O2S/c13-7-1-8(14)11(9(15)2-7)20-4-6(3-19)10(5-20)23(21,22)12(16,17)18/h1-2,4-5H. The van der Waals surface area contributed by atoms with E-state index < -0.39 is 25.0 Å². The van der Waals surface area contributed by atoms with Crippen molar-refractivity contribution in [3.05, 3.63) is 44.6 Å². The van der Waals surface area contributed by atoms with Gasteiger partial charge in [0, 0.05) is 16.9 Å². The Bertz CT molecular complexity index is 910. The normalized spacial score (nSPS) is 12.2. The number of halogens is 6. The minimum absolute atomic E-state index is 0.116. The third kappa shape index (κ3) is 3.35. The molecule has 23 heavy (non-hydrogen) atoms. The molecule has 0 unspecified atom stereocenters. The van der Waals surface area contributed by atoms with Crippen LogP contribution in [0.1, 0.15) is 5.56 Å². The Morgan fingerprint density at radius 3 is 2.17 bits per heavy atom. The molecule has 0 radical (unpaired) electrons. The lowest BCUT2D eigenvalue weighted by molar-refractivity contribution is 0.187. The van der Waals surface area contributed by atoms with Gasteiger partial charge in [-0.1, -0.05) is 39.1 Å². The fraction of sp³-hybridized carbons (Fsp3) is 0.0833. The number of hydrogen-bond donors (Lipinski definition) is 0. The number of nitriles is 1. The molecular weight excluding hydrogens is 460 g/mol. The van der Waals surface area contributed by atoms with Crippen molar-refractivity contribution in [3.8, 4) is 11.8 Å². The lowest BCUT2D eigenvalue weighted by Crippen LogP contribution is -2.22. The Balaban J connectivity index is 2.75. The molecule has 0 saturated carbocycles. The molecule has 0 atom stereocenters. The van der Waals surface area contributed by atoms with Crippen LogP contribution in [0.3, 0.4) is 0 Å². The monoisotopic (exact) mass is 462 g/mol. The molecular formula is C12H4BrCl3F2N2O2S. The summed E-state index contributed by atoms with van der Waals surface area (Å²) in [6.07, 6.45) is 1.84. The van der Waals surface area contributed by atoms with Crippen LogP contribution in [-0.4, -0.2) is 17.7 Å². The molecule has 1 aromatic carbocycles. The number of alkyl halides is 3. The van der Waals surface area contributed by atoms with E-state index in [1.807, 2.05) is 0 Å². The third-order valence-electron chi connectivity index (χ3n) is 2.74. The van der Waals surface area contributed by atoms with Crippen LogP contribution in [0, 0.1) is 11.3 Å². The number of sulfone groups is 1. The van der Waals surface area contributed by atoms with Crippen LogP contribution < -0.4 is 0 Å². The van der Waals surface area contributed by atoms with Crippen molar-refractivity contribution in [1.82, 2.24) is 4.57 Å². The van der Waals surface area contributed by atoms with Gasteiger partial charge in [-0.25, -0.2) is 8.42 Å². The van der Waals surface area contributed by atoms with Crippen molar-refractivity contribution in [2.45, 2.75) is 9.61 Å². The second kappa shape index (κ2) is 6.22. The van der Waals surface area contributed by atoms with Crippen LogP contribution in [0.5, 0.6) is 0 Å². The Morgan fingerprint density at radius 1 is 1.22 bits per heavy atom. The summed E-state index contributed by atoms with van der Waals surface area (Å²) >= 11 is 19.9. The largest absolute Gasteiger partial charge is 0.427 e. The summed E-state index contributed by atoms with van der Waals surface area (Å²) in [6.45, 7) is 0. The highest BCUT2D eigenvalue weighted by molar-refractivity contribution is 9.10. The quantitative estimate of drug-likeness (QED) is 0.602. The van der Waals surface area contributed by atoms with E-state index in [1.165, 1.54) is 18.2 Å². The molecule has 122 valence electrons. The molecule has 0 saturated heterocycles. The van der Waals surface area contributed by atoms with E-state index in [1.54, 1.807) is 0 Å². The summed E-state index contributed by atoms with van der Waals surface area (Å²) < 4.78 is 46.9. The predicted octanol–water partition coefficient (Wildman–Crippen LogP) is 4.98. The number of hydrogen-bond acceptors (Lipinski definition) is 3. The van der Waals surface area contributed by atoms with E-state index in [0.717, 1.165) is 17.0 Å². The zero-order valence-electron chi connectivity index (χ0n) is 10.7. The third-order valence-corrected chi connectivity index (χ3v) is 5.90. The van der Waals surface area contributed by atoms with Crippen LogP contribution in [-0.2, 0) is 9.84 Å². The first-order valence-electron chi connectivity index (χ1n) is 5.57. The van der Waals surface area contributed by atoms with Crippen LogP contribution in [0.15, 0.2) is 33.9 Å². The zero-order chi connectivity index (χ0) is 17.6. The first-order chi connectivity index (χ1) is 10.5. The van der Waals surface area contributed by atoms with Crippen LogP contribution in [0.2, 0.25) is 10.0 Å². The van der Waals surface area contributed by atoms with Gasteiger partial charge in [0.2, 0.25) is 0 Å². The Hall–Kier alpha value is -0.850. The number of benzene rings is 1. The summed E-state index contributed by atoms with van der Waals surface area (Å²) in [5, 5.41) is 9.23. The molecule has 0 amide bonds. The van der Waals surface area contributed by atoms with Gasteiger partial charge in [0.25, 0.3) is 9.84 Å². The highest BCUT2D eigenvalue weighted by atomic mass is 79.9. The summed E-state index contributed by atoms with van der Waals surface area (Å²) in [6, 6.07) is 4.47. The Kier molecular flexibility index (Phi) is 5.00. The van der Waals surface area contributed by atoms with E-state index >= 15 is 0 Å². The SMILES string of the molecule is N#Cc1cn(-c2c(Cl)cc(Br)cc2Cl)cc1S(=O)(=O)C(F)(F)Cl. The van der Waals surface area contributed by atoms with Crippen molar-refractivity contribution in [1.29, 1.82) is 5.26 Å². The van der Waals surface area contributed by atoms with Crippen molar-refractivity contribution in [2.75, 3.05) is 0 Å². The molecule has 1 heterocycles. The van der Waals surface area contributed by atoms with Crippen molar-refractivity contribution in [2.24, 2.45) is 0 Å². The van der Waals surface area contributed by atoms with Gasteiger partial charge < -0.3 is 4.57 Å². The number of rotatable bonds is 3. The molecule has 0 aliphatic rings. The van der Waals surface area contributed by atoms with Crippen LogP contribution in [0.25, 0.3) is 5.69 Å². The minimum atomic E-state index is -5.25. The highest BCUT2D eigenvalue weighted by Crippen LogP contribution is 2.37. The molecule has 4 nitrogen and oxygen atoms in total. The van der Waals surface area contributed by atoms with E-state index in [-0.39, 0.29) is 15.7 Å². The lowest BCUT2D eigenvalue weighted by atomic mass is 10.3. The maximum Gasteiger partial charge on any atom is 0.427 e. The van der Waals surface area contributed by atoms with Gasteiger partial charge in [0.05, 0.1) is 21.3 Å². The summed E-state index contributed by atoms with van der Waals surface area (Å²) in [4.78, 5) is -0.921. The van der Waals surface area contributed by atoms with Crippen LogP contribution >= 0.6 is 50.7 Å². The number of aromatic nitrogens is 1. The lowest BCUT2D eigenvalue weighted by Gasteiger charge is -2.09. The van der Waals surface area contributed by atoms with Gasteiger partial charge in [0.1, 0.15) is 11.0 Å². The van der Waals surface area contributed by atoms with Crippen molar-refractivity contribution < 1.29 is 17.2 Å². The number of nitrogens with zero attached hydrogens (tertiary/aromatic N) is 2. The summed E-state index contributed by atoms with van der Waals surface area (Å²) in [5.41, 5.74) is -0.382. The second-order valence-electron chi connectivity index (χ2n) is 4.22. The molecule has 2 aromatic rings. The van der Waals surface area contributed by atoms with Crippen molar-refractivity contribution in [3.63, 3.8) is 0 Å². The Morgan fingerprint density at radius 2 is 1.74 bits per heavy atom. The van der Waals surface area contributed by atoms with E-state index in [2.05, 4.69) is 27.5 Å². The molecule has 2 rings (SSSR count). The summed E-state index contributed by atoms with van der Waals surface area (Å²) in [5.74, 6) is 0. The maximum absolute atomic E-state index is 13.1. The Labute approximate surface area is 153 Å². The molecule has 0 fully saturated rings. The molecule has 0 bridgehead atoms.